The van der Waals surface area contributed by atoms with Gasteiger partial charge in [0.05, 0.1) is 5.02 Å². The average Bonchev–Trinajstić information content (AvgIpc) is 2.42. The highest BCUT2D eigenvalue weighted by Crippen LogP contribution is 2.25. The second kappa shape index (κ2) is 6.39. The third kappa shape index (κ3) is 3.71. The fourth-order valence-electron chi connectivity index (χ4n) is 1.71. The number of ether oxygens (including phenoxy) is 1. The summed E-state index contributed by atoms with van der Waals surface area (Å²) in [6, 6.07) is 12.3. The van der Waals surface area contributed by atoms with Gasteiger partial charge in [-0.1, -0.05) is 35.9 Å². The maximum Gasteiger partial charge on any atom is 0.345 e. The minimum Gasteiger partial charge on any atom is -0.478 e. The van der Waals surface area contributed by atoms with Crippen molar-refractivity contribution in [1.29, 1.82) is 0 Å². The molecule has 0 heterocycles. The van der Waals surface area contributed by atoms with Crippen LogP contribution in [0.3, 0.4) is 0 Å². The molecular formula is C15H12ClFO3. The Hall–Kier alpha value is -2.07. The molecule has 0 aliphatic heterocycles. The highest BCUT2D eigenvalue weighted by molar-refractivity contribution is 6.32. The number of carboxylic acid groups (broad SMARTS) is 1. The lowest BCUT2D eigenvalue weighted by molar-refractivity contribution is -0.145. The van der Waals surface area contributed by atoms with Gasteiger partial charge in [-0.05, 0) is 29.8 Å². The minimum atomic E-state index is -1.10. The Morgan fingerprint density at radius 2 is 1.85 bits per heavy atom. The summed E-state index contributed by atoms with van der Waals surface area (Å²) in [5.41, 5.74) is 0.672. The van der Waals surface area contributed by atoms with Crippen LogP contribution in [0.2, 0.25) is 5.02 Å². The van der Waals surface area contributed by atoms with Gasteiger partial charge in [0.1, 0.15) is 11.6 Å². The standard InChI is InChI=1S/C15H12ClFO3/c16-12-3-1-2-4-13(12)20-14(15(18)19)9-10-5-7-11(17)8-6-10/h1-8,14H,9H2,(H,18,19). The smallest absolute Gasteiger partial charge is 0.345 e. The molecule has 0 aliphatic carbocycles. The van der Waals surface area contributed by atoms with E-state index in [2.05, 4.69) is 0 Å². The van der Waals surface area contributed by atoms with Gasteiger partial charge in [0.25, 0.3) is 0 Å². The molecule has 1 N–H and O–H groups in total. The maximum atomic E-state index is 12.8. The van der Waals surface area contributed by atoms with Gasteiger partial charge in [-0.25, -0.2) is 9.18 Å². The Kier molecular flexibility index (Phi) is 4.58. The molecule has 1 atom stereocenters. The van der Waals surface area contributed by atoms with Crippen LogP contribution in [0.1, 0.15) is 5.56 Å². The van der Waals surface area contributed by atoms with Crippen molar-refractivity contribution < 1.29 is 19.0 Å². The third-order valence-electron chi connectivity index (χ3n) is 2.72. The number of hydrogen-bond acceptors (Lipinski definition) is 2. The monoisotopic (exact) mass is 294 g/mol. The molecule has 104 valence electrons. The van der Waals surface area contributed by atoms with Gasteiger partial charge < -0.3 is 9.84 Å². The van der Waals surface area contributed by atoms with Crippen LogP contribution in [0, 0.1) is 5.82 Å². The third-order valence-corrected chi connectivity index (χ3v) is 3.03. The number of para-hydroxylation sites is 1. The molecule has 0 aromatic heterocycles. The molecule has 0 radical (unpaired) electrons. The van der Waals surface area contributed by atoms with Crippen molar-refractivity contribution in [3.8, 4) is 5.75 Å². The molecule has 20 heavy (non-hydrogen) atoms. The zero-order valence-corrected chi connectivity index (χ0v) is 11.2. The van der Waals surface area contributed by atoms with E-state index >= 15 is 0 Å². The predicted molar refractivity (Wildman–Crippen MR) is 73.6 cm³/mol. The first kappa shape index (κ1) is 14.3. The van der Waals surface area contributed by atoms with Crippen molar-refractivity contribution in [2.24, 2.45) is 0 Å². The fourth-order valence-corrected chi connectivity index (χ4v) is 1.89. The van der Waals surface area contributed by atoms with Crippen molar-refractivity contribution in [2.75, 3.05) is 0 Å². The number of benzene rings is 2. The summed E-state index contributed by atoms with van der Waals surface area (Å²) < 4.78 is 18.2. The van der Waals surface area contributed by atoms with E-state index in [0.717, 1.165) is 0 Å². The van der Waals surface area contributed by atoms with E-state index in [9.17, 15) is 14.3 Å². The zero-order valence-electron chi connectivity index (χ0n) is 10.4. The van der Waals surface area contributed by atoms with Crippen molar-refractivity contribution in [3.63, 3.8) is 0 Å². The molecule has 5 heteroatoms. The van der Waals surface area contributed by atoms with Gasteiger partial charge >= 0.3 is 5.97 Å². The summed E-state index contributed by atoms with van der Waals surface area (Å²) in [5.74, 6) is -1.16. The summed E-state index contributed by atoms with van der Waals surface area (Å²) in [7, 11) is 0. The Labute approximate surface area is 120 Å². The lowest BCUT2D eigenvalue weighted by Gasteiger charge is -2.16. The number of aliphatic carboxylic acids is 1. The van der Waals surface area contributed by atoms with Crippen molar-refractivity contribution >= 4 is 17.6 Å². The first-order chi connectivity index (χ1) is 9.56. The molecule has 2 aromatic rings. The molecule has 0 fully saturated rings. The second-order valence-electron chi connectivity index (χ2n) is 4.21. The fraction of sp³-hybridized carbons (Fsp3) is 0.133. The van der Waals surface area contributed by atoms with Crippen LogP contribution in [-0.4, -0.2) is 17.2 Å². The van der Waals surface area contributed by atoms with Crippen LogP contribution >= 0.6 is 11.6 Å². The van der Waals surface area contributed by atoms with Crippen LogP contribution in [0.25, 0.3) is 0 Å². The lowest BCUT2D eigenvalue weighted by Crippen LogP contribution is -2.29. The molecule has 0 bridgehead atoms. The van der Waals surface area contributed by atoms with Crippen LogP contribution in [0.15, 0.2) is 48.5 Å². The summed E-state index contributed by atoms with van der Waals surface area (Å²) in [5, 5.41) is 9.54. The Bertz CT molecular complexity index is 598. The molecule has 0 aliphatic rings. The van der Waals surface area contributed by atoms with E-state index in [1.54, 1.807) is 24.3 Å². The summed E-state index contributed by atoms with van der Waals surface area (Å²) in [6.07, 6.45) is -0.957. The molecule has 0 spiro atoms. The van der Waals surface area contributed by atoms with E-state index in [4.69, 9.17) is 16.3 Å². The van der Waals surface area contributed by atoms with E-state index < -0.39 is 12.1 Å². The largest absolute Gasteiger partial charge is 0.478 e. The molecule has 0 saturated carbocycles. The summed E-state index contributed by atoms with van der Waals surface area (Å²) in [4.78, 5) is 11.2. The van der Waals surface area contributed by atoms with E-state index in [-0.39, 0.29) is 12.2 Å². The quantitative estimate of drug-likeness (QED) is 0.917. The Morgan fingerprint density at radius 1 is 1.20 bits per heavy atom. The van der Waals surface area contributed by atoms with E-state index in [1.807, 2.05) is 0 Å². The highest BCUT2D eigenvalue weighted by atomic mass is 35.5. The number of carbonyl (C=O) groups is 1. The minimum absolute atomic E-state index is 0.126. The molecule has 2 aromatic carbocycles. The van der Waals surface area contributed by atoms with Gasteiger partial charge in [-0.3, -0.25) is 0 Å². The van der Waals surface area contributed by atoms with Crippen LogP contribution < -0.4 is 4.74 Å². The topological polar surface area (TPSA) is 46.5 Å². The molecule has 1 unspecified atom stereocenters. The average molecular weight is 295 g/mol. The number of halogens is 2. The van der Waals surface area contributed by atoms with Gasteiger partial charge in [0.2, 0.25) is 0 Å². The SMILES string of the molecule is O=C(O)C(Cc1ccc(F)cc1)Oc1ccccc1Cl. The first-order valence-electron chi connectivity index (χ1n) is 5.94. The summed E-state index contributed by atoms with van der Waals surface area (Å²) >= 11 is 5.93. The van der Waals surface area contributed by atoms with Crippen LogP contribution in [0.5, 0.6) is 5.75 Å². The van der Waals surface area contributed by atoms with Crippen molar-refractivity contribution in [3.05, 3.63) is 64.9 Å². The predicted octanol–water partition coefficient (Wildman–Crippen LogP) is 3.55. The van der Waals surface area contributed by atoms with Gasteiger partial charge in [0, 0.05) is 6.42 Å². The Balaban J connectivity index is 2.14. The molecular weight excluding hydrogens is 283 g/mol. The lowest BCUT2D eigenvalue weighted by atomic mass is 10.1. The normalized spacial score (nSPS) is 11.9. The van der Waals surface area contributed by atoms with E-state index in [0.29, 0.717) is 16.3 Å². The second-order valence-corrected chi connectivity index (χ2v) is 4.61. The van der Waals surface area contributed by atoms with E-state index in [1.165, 1.54) is 24.3 Å². The van der Waals surface area contributed by atoms with Crippen molar-refractivity contribution in [2.45, 2.75) is 12.5 Å². The first-order valence-corrected chi connectivity index (χ1v) is 6.32. The van der Waals surface area contributed by atoms with Crippen LogP contribution in [0.4, 0.5) is 4.39 Å². The zero-order chi connectivity index (χ0) is 14.5. The van der Waals surface area contributed by atoms with Crippen LogP contribution in [-0.2, 0) is 11.2 Å². The molecule has 2 rings (SSSR count). The van der Waals surface area contributed by atoms with Gasteiger partial charge in [-0.2, -0.15) is 0 Å². The Morgan fingerprint density at radius 3 is 2.45 bits per heavy atom. The highest BCUT2D eigenvalue weighted by Gasteiger charge is 2.21. The van der Waals surface area contributed by atoms with Gasteiger partial charge in [-0.15, -0.1) is 0 Å². The number of hydrogen-bond donors (Lipinski definition) is 1. The summed E-state index contributed by atoms with van der Waals surface area (Å²) in [6.45, 7) is 0. The number of rotatable bonds is 5. The van der Waals surface area contributed by atoms with Crippen molar-refractivity contribution in [1.82, 2.24) is 0 Å². The molecule has 0 amide bonds. The molecule has 3 nitrogen and oxygen atoms in total. The van der Waals surface area contributed by atoms with Gasteiger partial charge in [0.15, 0.2) is 6.10 Å². The maximum absolute atomic E-state index is 12.8. The molecule has 0 saturated heterocycles. The number of carboxylic acids is 1.